The molecule has 2 aromatic heterocycles. The molecule has 0 saturated heterocycles. The number of methoxy groups -OCH3 is 1. The maximum absolute atomic E-state index is 13.9. The second kappa shape index (κ2) is 10.5. The number of esters is 1. The van der Waals surface area contributed by atoms with Gasteiger partial charge in [0.1, 0.15) is 5.82 Å². The van der Waals surface area contributed by atoms with E-state index < -0.39 is 5.82 Å². The van der Waals surface area contributed by atoms with Crippen LogP contribution in [0.4, 0.5) is 10.1 Å². The van der Waals surface area contributed by atoms with Crippen molar-refractivity contribution in [1.82, 2.24) is 14.5 Å². The topological polar surface area (TPSA) is 92.5 Å². The van der Waals surface area contributed by atoms with Gasteiger partial charge in [0.2, 0.25) is 0 Å². The molecule has 5 aromatic rings. The summed E-state index contributed by atoms with van der Waals surface area (Å²) >= 11 is 0. The predicted octanol–water partition coefficient (Wildman–Crippen LogP) is 5.53. The molecular weight excluding hydrogens is 471 g/mol. The maximum Gasteiger partial charge on any atom is 0.305 e. The van der Waals surface area contributed by atoms with Gasteiger partial charge in [-0.2, -0.15) is 0 Å². The number of H-pyrrole nitrogens is 1. The van der Waals surface area contributed by atoms with Crippen molar-refractivity contribution in [2.24, 2.45) is 4.99 Å². The zero-order chi connectivity index (χ0) is 25.8. The fraction of sp³-hybridized carbons (Fsp3) is 0.138. The van der Waals surface area contributed by atoms with E-state index in [-0.39, 0.29) is 18.3 Å². The molecule has 5 rings (SSSR count). The zero-order valence-electron chi connectivity index (χ0n) is 20.2. The van der Waals surface area contributed by atoms with Crippen molar-refractivity contribution < 1.29 is 19.0 Å². The molecule has 2 N–H and O–H groups in total. The molecule has 8 heteroatoms. The fourth-order valence-electron chi connectivity index (χ4n) is 4.23. The van der Waals surface area contributed by atoms with Gasteiger partial charge in [-0.3, -0.25) is 4.79 Å². The highest BCUT2D eigenvalue weighted by atomic mass is 19.1. The first-order valence-electron chi connectivity index (χ1n) is 11.8. The number of halogens is 1. The van der Waals surface area contributed by atoms with E-state index in [4.69, 9.17) is 9.73 Å². The molecule has 0 unspecified atom stereocenters. The number of rotatable bonds is 8. The molecule has 3 aromatic carbocycles. The van der Waals surface area contributed by atoms with Crippen molar-refractivity contribution >= 4 is 28.3 Å². The van der Waals surface area contributed by atoms with Crippen molar-refractivity contribution in [3.8, 4) is 5.88 Å². The van der Waals surface area contributed by atoms with Gasteiger partial charge in [0, 0.05) is 36.3 Å². The summed E-state index contributed by atoms with van der Waals surface area (Å²) in [6, 6.07) is 19.8. The Morgan fingerprint density at radius 2 is 1.84 bits per heavy atom. The van der Waals surface area contributed by atoms with Crippen LogP contribution in [0.2, 0.25) is 0 Å². The van der Waals surface area contributed by atoms with E-state index >= 15 is 0 Å². The summed E-state index contributed by atoms with van der Waals surface area (Å²) in [6.45, 7) is 0.693. The highest BCUT2D eigenvalue weighted by Gasteiger charge is 2.19. The van der Waals surface area contributed by atoms with E-state index in [0.717, 1.165) is 16.7 Å². The fourth-order valence-corrected chi connectivity index (χ4v) is 4.23. The number of benzene rings is 3. The summed E-state index contributed by atoms with van der Waals surface area (Å²) in [7, 11) is 1.37. The van der Waals surface area contributed by atoms with Gasteiger partial charge in [-0.1, -0.05) is 36.4 Å². The van der Waals surface area contributed by atoms with Crippen molar-refractivity contribution in [1.29, 1.82) is 0 Å². The van der Waals surface area contributed by atoms with Crippen LogP contribution in [0.5, 0.6) is 5.88 Å². The van der Waals surface area contributed by atoms with Crippen LogP contribution in [0, 0.1) is 5.82 Å². The Labute approximate surface area is 212 Å². The Bertz CT molecular complexity index is 1550. The monoisotopic (exact) mass is 496 g/mol. The van der Waals surface area contributed by atoms with Crippen molar-refractivity contribution in [2.75, 3.05) is 7.11 Å². The molecule has 37 heavy (non-hydrogen) atoms. The number of carbonyl (C=O) groups excluding carboxylic acids is 1. The number of nitrogens with zero attached hydrogens (tertiary/aromatic N) is 3. The summed E-state index contributed by atoms with van der Waals surface area (Å²) in [5, 5.41) is 11.5. The summed E-state index contributed by atoms with van der Waals surface area (Å²) in [5.41, 5.74) is 5.05. The van der Waals surface area contributed by atoms with E-state index in [9.17, 15) is 14.3 Å². The average molecular weight is 497 g/mol. The van der Waals surface area contributed by atoms with E-state index in [1.165, 1.54) is 19.2 Å². The molecule has 0 spiro atoms. The number of hydrogen-bond donors (Lipinski definition) is 2. The molecule has 0 atom stereocenters. The van der Waals surface area contributed by atoms with Gasteiger partial charge >= 0.3 is 5.97 Å². The number of aryl methyl sites for hydroxylation is 1. The Balaban J connectivity index is 1.53. The number of aliphatic imine (C=N–C) groups is 1. The molecule has 0 aliphatic rings. The number of aromatic amines is 1. The quantitative estimate of drug-likeness (QED) is 0.218. The Morgan fingerprint density at radius 1 is 1.08 bits per heavy atom. The second-order valence-corrected chi connectivity index (χ2v) is 8.67. The lowest BCUT2D eigenvalue weighted by Gasteiger charge is -2.10. The van der Waals surface area contributed by atoms with Gasteiger partial charge in [0.25, 0.3) is 0 Å². The van der Waals surface area contributed by atoms with Crippen LogP contribution >= 0.6 is 0 Å². The Kier molecular flexibility index (Phi) is 6.81. The summed E-state index contributed by atoms with van der Waals surface area (Å²) in [5.74, 6) is -0.758. The molecule has 2 heterocycles. The Hall–Kier alpha value is -4.72. The molecule has 0 fully saturated rings. The average Bonchev–Trinajstić information content (AvgIpc) is 3.53. The number of imidazole rings is 1. The third kappa shape index (κ3) is 5.43. The minimum atomic E-state index is -0.401. The third-order valence-corrected chi connectivity index (χ3v) is 6.15. The molecule has 0 saturated carbocycles. The van der Waals surface area contributed by atoms with Crippen LogP contribution in [-0.4, -0.2) is 38.4 Å². The zero-order valence-corrected chi connectivity index (χ0v) is 20.2. The number of aromatic hydroxyl groups is 1. The lowest BCUT2D eigenvalue weighted by Crippen LogP contribution is -2.05. The molecule has 0 amide bonds. The van der Waals surface area contributed by atoms with Crippen LogP contribution < -0.4 is 0 Å². The number of fused-ring (bicyclic) bond motifs is 1. The number of carbonyl (C=O) groups is 1. The van der Waals surface area contributed by atoms with E-state index in [1.807, 2.05) is 59.3 Å². The highest BCUT2D eigenvalue weighted by Crippen LogP contribution is 2.32. The lowest BCUT2D eigenvalue weighted by atomic mass is 9.98. The first-order chi connectivity index (χ1) is 18.0. The van der Waals surface area contributed by atoms with Crippen LogP contribution in [0.3, 0.4) is 0 Å². The predicted molar refractivity (Wildman–Crippen MR) is 140 cm³/mol. The standard InChI is InChI=1S/C29H25FN4O3/c1-37-26(35)13-6-19-2-7-21(8-3-19)28(27-24-12-9-22(30)16-25(24)33-29(27)36)32-23-10-4-20(5-11-23)17-34-15-14-31-18-34/h2-5,7-12,14-16,18,33,36H,6,13,17H2,1H3. The molecule has 0 aliphatic heterocycles. The van der Waals surface area contributed by atoms with Crippen LogP contribution in [0.15, 0.2) is 90.4 Å². The third-order valence-electron chi connectivity index (χ3n) is 6.15. The van der Waals surface area contributed by atoms with E-state index in [1.54, 1.807) is 18.6 Å². The van der Waals surface area contributed by atoms with Crippen molar-refractivity contribution in [3.05, 3.63) is 114 Å². The van der Waals surface area contributed by atoms with Gasteiger partial charge in [-0.25, -0.2) is 14.4 Å². The lowest BCUT2D eigenvalue weighted by molar-refractivity contribution is -0.140. The first kappa shape index (κ1) is 24.0. The molecule has 186 valence electrons. The minimum absolute atomic E-state index is 0.0918. The molecule has 0 aliphatic carbocycles. The first-order valence-corrected chi connectivity index (χ1v) is 11.8. The van der Waals surface area contributed by atoms with Gasteiger partial charge in [0.15, 0.2) is 5.88 Å². The SMILES string of the molecule is COC(=O)CCc1ccc(C(=Nc2ccc(Cn3ccnc3)cc2)c2c(O)[nH]c3cc(F)ccc23)cc1. The van der Waals surface area contributed by atoms with E-state index in [0.29, 0.717) is 40.8 Å². The summed E-state index contributed by atoms with van der Waals surface area (Å²) in [4.78, 5) is 23.4. The number of nitrogens with one attached hydrogen (secondary N) is 1. The number of aromatic nitrogens is 3. The summed E-state index contributed by atoms with van der Waals surface area (Å²) in [6.07, 6.45) is 6.25. The van der Waals surface area contributed by atoms with Crippen LogP contribution in [0.1, 0.15) is 28.7 Å². The van der Waals surface area contributed by atoms with Crippen LogP contribution in [-0.2, 0) is 22.5 Å². The maximum atomic E-state index is 13.9. The molecule has 7 nitrogen and oxygen atoms in total. The van der Waals surface area contributed by atoms with Gasteiger partial charge in [-0.05, 0) is 47.9 Å². The van der Waals surface area contributed by atoms with Crippen molar-refractivity contribution in [3.63, 3.8) is 0 Å². The number of hydrogen-bond acceptors (Lipinski definition) is 5. The molecule has 0 radical (unpaired) electrons. The molecule has 0 bridgehead atoms. The normalized spacial score (nSPS) is 11.7. The van der Waals surface area contributed by atoms with E-state index in [2.05, 4.69) is 9.97 Å². The number of ether oxygens (including phenoxy) is 1. The van der Waals surface area contributed by atoms with Gasteiger partial charge < -0.3 is 19.4 Å². The Morgan fingerprint density at radius 3 is 2.54 bits per heavy atom. The highest BCUT2D eigenvalue weighted by molar-refractivity contribution is 6.21. The second-order valence-electron chi connectivity index (χ2n) is 8.67. The van der Waals surface area contributed by atoms with Crippen LogP contribution in [0.25, 0.3) is 10.9 Å². The summed E-state index contributed by atoms with van der Waals surface area (Å²) < 4.78 is 20.6. The molecular formula is C29H25FN4O3. The minimum Gasteiger partial charge on any atom is -0.494 e. The van der Waals surface area contributed by atoms with Gasteiger partial charge in [-0.15, -0.1) is 0 Å². The largest absolute Gasteiger partial charge is 0.494 e. The van der Waals surface area contributed by atoms with Gasteiger partial charge in [0.05, 0.1) is 35.9 Å². The van der Waals surface area contributed by atoms with Crippen molar-refractivity contribution in [2.45, 2.75) is 19.4 Å². The smallest absolute Gasteiger partial charge is 0.305 e.